The average molecular weight is 309 g/mol. The summed E-state index contributed by atoms with van der Waals surface area (Å²) in [6.07, 6.45) is 1.95. The van der Waals surface area contributed by atoms with Gasteiger partial charge in [0.2, 0.25) is 0 Å². The minimum absolute atomic E-state index is 0. The van der Waals surface area contributed by atoms with Crippen molar-refractivity contribution in [3.8, 4) is 0 Å². The Hall–Kier alpha value is -1.52. The summed E-state index contributed by atoms with van der Waals surface area (Å²) in [6, 6.07) is 9.73. The van der Waals surface area contributed by atoms with Crippen molar-refractivity contribution in [2.24, 2.45) is 11.7 Å². The molecule has 3 rings (SSSR count). The summed E-state index contributed by atoms with van der Waals surface area (Å²) >= 11 is 0. The zero-order valence-corrected chi connectivity index (χ0v) is 12.9. The first kappa shape index (κ1) is 15.9. The van der Waals surface area contributed by atoms with Crippen LogP contribution in [0.3, 0.4) is 0 Å². The minimum atomic E-state index is -0.00988. The number of likely N-dealkylation sites (tertiary alicyclic amines) is 1. The maximum absolute atomic E-state index is 12.4. The topological polar surface area (TPSA) is 59.5 Å². The van der Waals surface area contributed by atoms with Gasteiger partial charge in [-0.15, -0.1) is 12.4 Å². The summed E-state index contributed by atoms with van der Waals surface area (Å²) in [5.41, 5.74) is 6.69. The number of piperidine rings is 1. The van der Waals surface area contributed by atoms with Crippen LogP contribution in [0.5, 0.6) is 0 Å². The second-order valence-corrected chi connectivity index (χ2v) is 5.64. The Morgan fingerprint density at radius 2 is 2.00 bits per heavy atom. The molecule has 4 nitrogen and oxygen atoms in total. The molecule has 0 saturated carbocycles. The molecule has 1 aromatic heterocycles. The van der Waals surface area contributed by atoms with E-state index in [0.29, 0.717) is 11.7 Å². The second-order valence-electron chi connectivity index (χ2n) is 5.64. The van der Waals surface area contributed by atoms with Crippen LogP contribution in [-0.2, 0) is 0 Å². The molecule has 21 heavy (non-hydrogen) atoms. The highest BCUT2D eigenvalue weighted by Gasteiger charge is 2.27. The molecule has 114 valence electrons. The number of hydrogen-bond acceptors (Lipinski definition) is 3. The fraction of sp³-hybridized carbons (Fsp3) is 0.438. The summed E-state index contributed by atoms with van der Waals surface area (Å²) in [5, 5.41) is 0.973. The van der Waals surface area contributed by atoms with Crippen LogP contribution < -0.4 is 5.73 Å². The van der Waals surface area contributed by atoms with Crippen molar-refractivity contribution in [2.75, 3.05) is 13.1 Å². The molecule has 1 aliphatic rings. The normalized spacial score (nSPS) is 17.5. The summed E-state index contributed by atoms with van der Waals surface area (Å²) < 4.78 is 5.64. The lowest BCUT2D eigenvalue weighted by Gasteiger charge is -2.33. The van der Waals surface area contributed by atoms with Crippen LogP contribution in [0.25, 0.3) is 11.0 Å². The Labute approximate surface area is 130 Å². The molecule has 5 heteroatoms. The van der Waals surface area contributed by atoms with E-state index in [1.165, 1.54) is 0 Å². The van der Waals surface area contributed by atoms with Crippen molar-refractivity contribution in [1.82, 2.24) is 4.90 Å². The number of halogens is 1. The zero-order valence-electron chi connectivity index (χ0n) is 12.1. The first-order valence-corrected chi connectivity index (χ1v) is 7.18. The van der Waals surface area contributed by atoms with E-state index in [2.05, 4.69) is 0 Å². The maximum Gasteiger partial charge on any atom is 0.289 e. The van der Waals surface area contributed by atoms with E-state index in [9.17, 15) is 4.79 Å². The number of para-hydroxylation sites is 1. The summed E-state index contributed by atoms with van der Waals surface area (Å²) in [5.74, 6) is 0.949. The molecule has 0 bridgehead atoms. The highest BCUT2D eigenvalue weighted by Crippen LogP contribution is 2.24. The van der Waals surface area contributed by atoms with E-state index in [1.54, 1.807) is 0 Å². The van der Waals surface area contributed by atoms with E-state index in [1.807, 2.05) is 42.2 Å². The van der Waals surface area contributed by atoms with Crippen LogP contribution in [0.4, 0.5) is 0 Å². The van der Waals surface area contributed by atoms with Crippen molar-refractivity contribution in [2.45, 2.75) is 25.8 Å². The lowest BCUT2D eigenvalue weighted by molar-refractivity contribution is 0.0651. The van der Waals surface area contributed by atoms with Crippen molar-refractivity contribution in [3.05, 3.63) is 36.1 Å². The van der Waals surface area contributed by atoms with Crippen LogP contribution in [0, 0.1) is 5.92 Å². The average Bonchev–Trinajstić information content (AvgIpc) is 2.90. The van der Waals surface area contributed by atoms with Crippen molar-refractivity contribution in [1.29, 1.82) is 0 Å². The predicted molar refractivity (Wildman–Crippen MR) is 85.7 cm³/mol. The molecule has 2 heterocycles. The van der Waals surface area contributed by atoms with Crippen LogP contribution in [0.2, 0.25) is 0 Å². The molecule has 2 aromatic rings. The first-order valence-electron chi connectivity index (χ1n) is 7.18. The summed E-state index contributed by atoms with van der Waals surface area (Å²) in [4.78, 5) is 14.3. The van der Waals surface area contributed by atoms with Crippen LogP contribution in [-0.4, -0.2) is 29.9 Å². The Bertz CT molecular complexity index is 583. The SMILES string of the molecule is CC(N)C1CCN(C(=O)c2cc3ccccc3o2)CC1.Cl. The highest BCUT2D eigenvalue weighted by molar-refractivity contribution is 5.96. The van der Waals surface area contributed by atoms with Gasteiger partial charge in [0.15, 0.2) is 5.76 Å². The zero-order chi connectivity index (χ0) is 14.1. The largest absolute Gasteiger partial charge is 0.451 e. The molecule has 1 saturated heterocycles. The number of rotatable bonds is 2. The number of furan rings is 1. The lowest BCUT2D eigenvalue weighted by atomic mass is 9.91. The van der Waals surface area contributed by atoms with Gasteiger partial charge in [0.25, 0.3) is 5.91 Å². The third-order valence-electron chi connectivity index (χ3n) is 4.21. The molecule has 1 atom stereocenters. The van der Waals surface area contributed by atoms with E-state index in [0.717, 1.165) is 36.9 Å². The molecule has 2 N–H and O–H groups in total. The second kappa shape index (κ2) is 6.50. The third-order valence-corrected chi connectivity index (χ3v) is 4.21. The first-order chi connectivity index (χ1) is 9.65. The maximum atomic E-state index is 12.4. The van der Waals surface area contributed by atoms with E-state index < -0.39 is 0 Å². The fourth-order valence-electron chi connectivity index (χ4n) is 2.87. The Morgan fingerprint density at radius 1 is 1.33 bits per heavy atom. The van der Waals surface area contributed by atoms with Gasteiger partial charge in [-0.1, -0.05) is 18.2 Å². The van der Waals surface area contributed by atoms with Gasteiger partial charge < -0.3 is 15.1 Å². The van der Waals surface area contributed by atoms with Crippen LogP contribution >= 0.6 is 12.4 Å². The number of benzene rings is 1. The molecular formula is C16H21ClN2O2. The predicted octanol–water partition coefficient (Wildman–Crippen LogP) is 3.05. The van der Waals surface area contributed by atoms with E-state index in [4.69, 9.17) is 10.2 Å². The monoisotopic (exact) mass is 308 g/mol. The minimum Gasteiger partial charge on any atom is -0.451 e. The molecule has 1 fully saturated rings. The quantitative estimate of drug-likeness (QED) is 0.927. The summed E-state index contributed by atoms with van der Waals surface area (Å²) in [6.45, 7) is 3.57. The molecule has 1 amide bonds. The molecule has 0 radical (unpaired) electrons. The number of carbonyl (C=O) groups is 1. The number of hydrogen-bond donors (Lipinski definition) is 1. The van der Waals surface area contributed by atoms with Crippen LogP contribution in [0.15, 0.2) is 34.7 Å². The number of carbonyl (C=O) groups excluding carboxylic acids is 1. The molecule has 0 aliphatic carbocycles. The number of nitrogens with zero attached hydrogens (tertiary/aromatic N) is 1. The lowest BCUT2D eigenvalue weighted by Crippen LogP contribution is -2.42. The van der Waals surface area contributed by atoms with Gasteiger partial charge in [0.05, 0.1) is 0 Å². The van der Waals surface area contributed by atoms with Gasteiger partial charge in [-0.2, -0.15) is 0 Å². The van der Waals surface area contributed by atoms with Gasteiger partial charge in [-0.3, -0.25) is 4.79 Å². The third kappa shape index (κ3) is 3.22. The molecule has 1 aliphatic heterocycles. The molecular weight excluding hydrogens is 288 g/mol. The van der Waals surface area contributed by atoms with Gasteiger partial charge in [0, 0.05) is 24.5 Å². The van der Waals surface area contributed by atoms with Gasteiger partial charge in [-0.25, -0.2) is 0 Å². The molecule has 1 aromatic carbocycles. The van der Waals surface area contributed by atoms with Crippen molar-refractivity contribution < 1.29 is 9.21 Å². The Balaban J connectivity index is 0.00000161. The van der Waals surface area contributed by atoms with Crippen molar-refractivity contribution in [3.63, 3.8) is 0 Å². The number of amides is 1. The molecule has 1 unspecified atom stereocenters. The fourth-order valence-corrected chi connectivity index (χ4v) is 2.87. The highest BCUT2D eigenvalue weighted by atomic mass is 35.5. The van der Waals surface area contributed by atoms with Gasteiger partial charge in [-0.05, 0) is 37.8 Å². The smallest absolute Gasteiger partial charge is 0.289 e. The van der Waals surface area contributed by atoms with E-state index >= 15 is 0 Å². The Kier molecular flexibility index (Phi) is 4.91. The van der Waals surface area contributed by atoms with E-state index in [-0.39, 0.29) is 24.4 Å². The van der Waals surface area contributed by atoms with Crippen molar-refractivity contribution >= 4 is 29.3 Å². The molecule has 0 spiro atoms. The standard InChI is InChI=1S/C16H20N2O2.ClH/c1-11(17)12-6-8-18(9-7-12)16(19)15-10-13-4-2-3-5-14(13)20-15;/h2-5,10-12H,6-9,17H2,1H3;1H. The van der Waals surface area contributed by atoms with Gasteiger partial charge in [0.1, 0.15) is 5.58 Å². The van der Waals surface area contributed by atoms with Gasteiger partial charge >= 0.3 is 0 Å². The summed E-state index contributed by atoms with van der Waals surface area (Å²) in [7, 11) is 0. The number of nitrogens with two attached hydrogens (primary N) is 1. The van der Waals surface area contributed by atoms with Crippen LogP contribution in [0.1, 0.15) is 30.3 Å². The number of fused-ring (bicyclic) bond motifs is 1. The Morgan fingerprint density at radius 3 is 2.62 bits per heavy atom.